The highest BCUT2D eigenvalue weighted by molar-refractivity contribution is 5.32. The van der Waals surface area contributed by atoms with Gasteiger partial charge in [0.15, 0.2) is 0 Å². The summed E-state index contributed by atoms with van der Waals surface area (Å²) in [6.45, 7) is 2.45. The van der Waals surface area contributed by atoms with Crippen LogP contribution in [0.5, 0.6) is 0 Å². The van der Waals surface area contributed by atoms with Crippen molar-refractivity contribution in [2.24, 2.45) is 0 Å². The van der Waals surface area contributed by atoms with Crippen molar-refractivity contribution >= 4 is 11.9 Å². The number of aromatic nitrogens is 3. The normalized spacial score (nSPS) is 10.1. The van der Waals surface area contributed by atoms with E-state index in [2.05, 4.69) is 20.3 Å². The summed E-state index contributed by atoms with van der Waals surface area (Å²) in [7, 11) is 0. The number of aryl methyl sites for hydroxylation is 1. The van der Waals surface area contributed by atoms with Crippen molar-refractivity contribution in [1.29, 1.82) is 0 Å². The van der Waals surface area contributed by atoms with Gasteiger partial charge < -0.3 is 11.1 Å². The van der Waals surface area contributed by atoms with E-state index in [1.807, 2.05) is 30.3 Å². The molecule has 0 saturated carbocycles. The van der Waals surface area contributed by atoms with Gasteiger partial charge in [0, 0.05) is 6.54 Å². The highest BCUT2D eigenvalue weighted by Crippen LogP contribution is 2.05. The maximum Gasteiger partial charge on any atom is 0.227 e. The quantitative estimate of drug-likeness (QED) is 0.808. The fraction of sp³-hybridized carbons (Fsp3) is 0.182. The van der Waals surface area contributed by atoms with Gasteiger partial charge >= 0.3 is 0 Å². The smallest absolute Gasteiger partial charge is 0.227 e. The SMILES string of the molecule is Cc1nc(N)nc(NCc2ccccc2)n1. The van der Waals surface area contributed by atoms with Crippen LogP contribution in [0.15, 0.2) is 30.3 Å². The van der Waals surface area contributed by atoms with E-state index in [1.54, 1.807) is 6.92 Å². The minimum atomic E-state index is 0.239. The van der Waals surface area contributed by atoms with Crippen molar-refractivity contribution in [2.75, 3.05) is 11.1 Å². The maximum absolute atomic E-state index is 5.53. The summed E-state index contributed by atoms with van der Waals surface area (Å²) in [6.07, 6.45) is 0. The van der Waals surface area contributed by atoms with Crippen LogP contribution in [0.25, 0.3) is 0 Å². The Bertz CT molecular complexity index is 449. The number of rotatable bonds is 3. The zero-order valence-corrected chi connectivity index (χ0v) is 9.01. The van der Waals surface area contributed by atoms with Crippen molar-refractivity contribution in [3.63, 3.8) is 0 Å². The molecule has 0 atom stereocenters. The van der Waals surface area contributed by atoms with Crippen LogP contribution in [0.3, 0.4) is 0 Å². The highest BCUT2D eigenvalue weighted by atomic mass is 15.2. The first kappa shape index (κ1) is 10.4. The third-order valence-corrected chi connectivity index (χ3v) is 2.06. The van der Waals surface area contributed by atoms with Crippen molar-refractivity contribution in [2.45, 2.75) is 13.5 Å². The fourth-order valence-electron chi connectivity index (χ4n) is 1.36. The van der Waals surface area contributed by atoms with Crippen molar-refractivity contribution < 1.29 is 0 Å². The van der Waals surface area contributed by atoms with E-state index in [0.717, 1.165) is 0 Å². The van der Waals surface area contributed by atoms with E-state index in [9.17, 15) is 0 Å². The highest BCUT2D eigenvalue weighted by Gasteiger charge is 2.00. The van der Waals surface area contributed by atoms with Gasteiger partial charge in [-0.15, -0.1) is 0 Å². The van der Waals surface area contributed by atoms with Crippen LogP contribution in [0.1, 0.15) is 11.4 Å². The van der Waals surface area contributed by atoms with Crippen LogP contribution in [-0.4, -0.2) is 15.0 Å². The van der Waals surface area contributed by atoms with Gasteiger partial charge in [0.1, 0.15) is 5.82 Å². The van der Waals surface area contributed by atoms with Crippen LogP contribution in [0.2, 0.25) is 0 Å². The molecule has 2 aromatic rings. The van der Waals surface area contributed by atoms with Crippen molar-refractivity contribution in [1.82, 2.24) is 15.0 Å². The lowest BCUT2D eigenvalue weighted by molar-refractivity contribution is 0.963. The van der Waals surface area contributed by atoms with Gasteiger partial charge in [0.25, 0.3) is 0 Å². The molecule has 3 N–H and O–H groups in total. The molecule has 5 heteroatoms. The summed E-state index contributed by atoms with van der Waals surface area (Å²) < 4.78 is 0. The number of benzene rings is 1. The minimum absolute atomic E-state index is 0.239. The van der Waals surface area contributed by atoms with E-state index < -0.39 is 0 Å². The molecule has 82 valence electrons. The van der Waals surface area contributed by atoms with Crippen LogP contribution >= 0.6 is 0 Å². The molecule has 0 saturated heterocycles. The largest absolute Gasteiger partial charge is 0.368 e. The van der Waals surface area contributed by atoms with Gasteiger partial charge in [-0.05, 0) is 12.5 Å². The zero-order valence-electron chi connectivity index (χ0n) is 9.01. The Kier molecular flexibility index (Phi) is 2.95. The summed E-state index contributed by atoms with van der Waals surface area (Å²) >= 11 is 0. The Morgan fingerprint density at radius 1 is 1.12 bits per heavy atom. The predicted molar refractivity (Wildman–Crippen MR) is 62.7 cm³/mol. The van der Waals surface area contributed by atoms with E-state index in [1.165, 1.54) is 5.56 Å². The average molecular weight is 215 g/mol. The molecule has 0 aliphatic carbocycles. The summed E-state index contributed by atoms with van der Waals surface area (Å²) in [5, 5.41) is 3.10. The Morgan fingerprint density at radius 3 is 2.56 bits per heavy atom. The third kappa shape index (κ3) is 2.66. The Labute approximate surface area is 93.8 Å². The molecule has 16 heavy (non-hydrogen) atoms. The van der Waals surface area contributed by atoms with Gasteiger partial charge in [-0.25, -0.2) is 0 Å². The second-order valence-electron chi connectivity index (χ2n) is 3.40. The van der Waals surface area contributed by atoms with Crippen molar-refractivity contribution in [3.8, 4) is 0 Å². The van der Waals surface area contributed by atoms with Crippen molar-refractivity contribution in [3.05, 3.63) is 41.7 Å². The summed E-state index contributed by atoms with van der Waals surface area (Å²) in [5.74, 6) is 1.36. The molecular weight excluding hydrogens is 202 g/mol. The average Bonchev–Trinajstić information content (AvgIpc) is 2.27. The molecule has 0 radical (unpaired) electrons. The second-order valence-corrected chi connectivity index (χ2v) is 3.40. The molecule has 2 rings (SSSR count). The van der Waals surface area contributed by atoms with Gasteiger partial charge in [-0.2, -0.15) is 15.0 Å². The summed E-state index contributed by atoms with van der Waals surface area (Å²) in [5.41, 5.74) is 6.69. The monoisotopic (exact) mass is 215 g/mol. The molecule has 0 spiro atoms. The number of hydrogen-bond acceptors (Lipinski definition) is 5. The zero-order chi connectivity index (χ0) is 11.4. The predicted octanol–water partition coefficient (Wildman–Crippen LogP) is 1.37. The molecule has 0 unspecified atom stereocenters. The number of hydrogen-bond donors (Lipinski definition) is 2. The Hall–Kier alpha value is -2.17. The van der Waals surface area contributed by atoms with Gasteiger partial charge in [0.2, 0.25) is 11.9 Å². The van der Waals surface area contributed by atoms with E-state index in [-0.39, 0.29) is 5.95 Å². The van der Waals surface area contributed by atoms with Crippen LogP contribution < -0.4 is 11.1 Å². The maximum atomic E-state index is 5.53. The van der Waals surface area contributed by atoms with Gasteiger partial charge in [-0.1, -0.05) is 30.3 Å². The third-order valence-electron chi connectivity index (χ3n) is 2.06. The van der Waals surface area contributed by atoms with E-state index in [4.69, 9.17) is 5.73 Å². The minimum Gasteiger partial charge on any atom is -0.368 e. The first-order valence-electron chi connectivity index (χ1n) is 5.00. The topological polar surface area (TPSA) is 76.7 Å². The number of nitrogen functional groups attached to an aromatic ring is 1. The molecular formula is C11H13N5. The number of nitrogens with zero attached hydrogens (tertiary/aromatic N) is 3. The Balaban J connectivity index is 2.05. The van der Waals surface area contributed by atoms with Crippen LogP contribution in [0.4, 0.5) is 11.9 Å². The lowest BCUT2D eigenvalue weighted by Gasteiger charge is -2.05. The van der Waals surface area contributed by atoms with E-state index in [0.29, 0.717) is 18.3 Å². The number of nitrogens with two attached hydrogens (primary N) is 1. The first-order chi connectivity index (χ1) is 7.74. The molecule has 5 nitrogen and oxygen atoms in total. The molecule has 1 aromatic carbocycles. The Morgan fingerprint density at radius 2 is 1.88 bits per heavy atom. The fourth-order valence-corrected chi connectivity index (χ4v) is 1.36. The number of anilines is 2. The summed E-state index contributed by atoms with van der Waals surface area (Å²) in [4.78, 5) is 12.0. The molecule has 0 bridgehead atoms. The first-order valence-corrected chi connectivity index (χ1v) is 5.00. The molecule has 1 aromatic heterocycles. The molecule has 0 amide bonds. The van der Waals surface area contributed by atoms with Gasteiger partial charge in [0.05, 0.1) is 0 Å². The molecule has 0 aliphatic heterocycles. The lowest BCUT2D eigenvalue weighted by atomic mass is 10.2. The molecule has 0 aliphatic rings. The van der Waals surface area contributed by atoms with E-state index >= 15 is 0 Å². The molecule has 0 fully saturated rings. The standard InChI is InChI=1S/C11H13N5/c1-8-14-10(12)16-11(15-8)13-7-9-5-3-2-4-6-9/h2-6H,7H2,1H3,(H3,12,13,14,15,16). The number of nitrogens with one attached hydrogen (secondary N) is 1. The lowest BCUT2D eigenvalue weighted by Crippen LogP contribution is -2.08. The summed E-state index contributed by atoms with van der Waals surface area (Å²) in [6, 6.07) is 10.0. The second kappa shape index (κ2) is 4.57. The van der Waals surface area contributed by atoms with Crippen LogP contribution in [-0.2, 0) is 6.54 Å². The van der Waals surface area contributed by atoms with Crippen LogP contribution in [0, 0.1) is 6.92 Å². The molecule has 1 heterocycles. The van der Waals surface area contributed by atoms with Gasteiger partial charge in [-0.3, -0.25) is 0 Å².